The van der Waals surface area contributed by atoms with E-state index >= 15 is 0 Å². The number of rotatable bonds is 5. The van der Waals surface area contributed by atoms with Crippen molar-refractivity contribution >= 4 is 33.8 Å². The second-order valence-corrected chi connectivity index (χ2v) is 8.48. The molecule has 2 N–H and O–H groups in total. The Kier molecular flexibility index (Phi) is 4.29. The lowest BCUT2D eigenvalue weighted by Crippen LogP contribution is -2.44. The summed E-state index contributed by atoms with van der Waals surface area (Å²) in [5.74, 6) is -0.291. The number of urea groups is 1. The lowest BCUT2D eigenvalue weighted by molar-refractivity contribution is -0.131. The lowest BCUT2D eigenvalue weighted by Gasteiger charge is -2.21. The molecule has 4 rings (SSSR count). The fourth-order valence-electron chi connectivity index (χ4n) is 4.12. The van der Waals surface area contributed by atoms with Crippen LogP contribution in [0.1, 0.15) is 50.5 Å². The van der Waals surface area contributed by atoms with E-state index in [9.17, 15) is 14.4 Å². The zero-order chi connectivity index (χ0) is 18.4. The fraction of sp³-hybridized carbons (Fsp3) is 0.526. The number of halogens is 1. The average molecular weight is 420 g/mol. The van der Waals surface area contributed by atoms with Gasteiger partial charge in [0.2, 0.25) is 5.91 Å². The van der Waals surface area contributed by atoms with E-state index in [-0.39, 0.29) is 36.3 Å². The first kappa shape index (κ1) is 17.5. The Hall–Kier alpha value is -1.89. The van der Waals surface area contributed by atoms with Gasteiger partial charge in [0.05, 0.1) is 5.54 Å². The Bertz CT molecular complexity index is 752. The Labute approximate surface area is 160 Å². The van der Waals surface area contributed by atoms with Crippen LogP contribution in [0.15, 0.2) is 28.7 Å². The number of carbonyl (C=O) groups excluding carboxylic acids is 3. The van der Waals surface area contributed by atoms with E-state index in [1.54, 1.807) is 0 Å². The molecule has 1 aliphatic heterocycles. The molecule has 3 fully saturated rings. The topological polar surface area (TPSA) is 78.5 Å². The molecule has 2 saturated carbocycles. The van der Waals surface area contributed by atoms with E-state index in [2.05, 4.69) is 26.6 Å². The third kappa shape index (κ3) is 3.02. The molecular formula is C19H22BrN3O3. The van der Waals surface area contributed by atoms with Crippen LogP contribution < -0.4 is 10.6 Å². The van der Waals surface area contributed by atoms with E-state index in [1.165, 1.54) is 4.90 Å². The van der Waals surface area contributed by atoms with Crippen molar-refractivity contribution in [1.29, 1.82) is 0 Å². The zero-order valence-corrected chi connectivity index (χ0v) is 16.1. The van der Waals surface area contributed by atoms with Crippen LogP contribution in [0, 0.1) is 0 Å². The highest BCUT2D eigenvalue weighted by Gasteiger charge is 2.52. The summed E-state index contributed by atoms with van der Waals surface area (Å²) in [5, 5.41) is 5.94. The minimum Gasteiger partial charge on any atom is -0.347 e. The molecule has 0 radical (unpaired) electrons. The van der Waals surface area contributed by atoms with Crippen LogP contribution in [0.25, 0.3) is 0 Å². The summed E-state index contributed by atoms with van der Waals surface area (Å²) in [6.45, 7) is 0.134. The predicted molar refractivity (Wildman–Crippen MR) is 99.3 cm³/mol. The largest absolute Gasteiger partial charge is 0.347 e. The minimum atomic E-state index is -0.706. The fourth-order valence-corrected chi connectivity index (χ4v) is 4.38. The van der Waals surface area contributed by atoms with Crippen molar-refractivity contribution in [3.05, 3.63) is 34.3 Å². The zero-order valence-electron chi connectivity index (χ0n) is 14.5. The molecule has 0 unspecified atom stereocenters. The summed E-state index contributed by atoms with van der Waals surface area (Å²) >= 11 is 3.42. The van der Waals surface area contributed by atoms with E-state index in [0.29, 0.717) is 12.8 Å². The lowest BCUT2D eigenvalue weighted by atomic mass is 9.98. The second-order valence-electron chi connectivity index (χ2n) is 7.56. The maximum Gasteiger partial charge on any atom is 0.325 e. The molecular weight excluding hydrogens is 398 g/mol. The summed E-state index contributed by atoms with van der Waals surface area (Å²) in [6, 6.07) is 7.60. The van der Waals surface area contributed by atoms with Crippen LogP contribution in [0.3, 0.4) is 0 Å². The quantitative estimate of drug-likeness (QED) is 0.720. The van der Waals surface area contributed by atoms with Crippen molar-refractivity contribution in [3.63, 3.8) is 0 Å². The Morgan fingerprint density at radius 1 is 1.12 bits per heavy atom. The van der Waals surface area contributed by atoms with Crippen LogP contribution in [-0.4, -0.2) is 34.8 Å². The molecule has 26 heavy (non-hydrogen) atoms. The van der Waals surface area contributed by atoms with Gasteiger partial charge in [-0.2, -0.15) is 0 Å². The molecule has 1 aromatic carbocycles. The predicted octanol–water partition coefficient (Wildman–Crippen LogP) is 2.81. The third-order valence-corrected chi connectivity index (χ3v) is 6.32. The van der Waals surface area contributed by atoms with Gasteiger partial charge >= 0.3 is 6.03 Å². The van der Waals surface area contributed by atoms with Crippen molar-refractivity contribution in [3.8, 4) is 0 Å². The van der Waals surface area contributed by atoms with Gasteiger partial charge in [0, 0.05) is 17.4 Å². The van der Waals surface area contributed by atoms with Crippen LogP contribution in [0.5, 0.6) is 0 Å². The summed E-state index contributed by atoms with van der Waals surface area (Å²) in [5.41, 5.74) is 0.0960. The normalized spacial score (nSPS) is 22.6. The molecule has 1 heterocycles. The minimum absolute atomic E-state index is 0.126. The maximum atomic E-state index is 12.6. The van der Waals surface area contributed by atoms with Crippen molar-refractivity contribution < 1.29 is 14.4 Å². The van der Waals surface area contributed by atoms with Gasteiger partial charge in [0.15, 0.2) is 0 Å². The molecule has 6 nitrogen and oxygen atoms in total. The van der Waals surface area contributed by atoms with E-state index < -0.39 is 5.54 Å². The molecule has 2 aliphatic carbocycles. The van der Waals surface area contributed by atoms with Crippen molar-refractivity contribution in [2.45, 2.75) is 56.0 Å². The van der Waals surface area contributed by atoms with Crippen molar-refractivity contribution in [2.24, 2.45) is 0 Å². The van der Waals surface area contributed by atoms with Crippen molar-refractivity contribution in [1.82, 2.24) is 15.5 Å². The number of imide groups is 1. The van der Waals surface area contributed by atoms with Crippen LogP contribution in [0.2, 0.25) is 0 Å². The Balaban J connectivity index is 1.35. The van der Waals surface area contributed by atoms with Gasteiger partial charge in [-0.15, -0.1) is 0 Å². The standard InChI is InChI=1S/C19H22BrN3O3/c20-14-5-3-13(4-6-14)18(10-11-18)21-15(24)7-12-23-16(25)19(22-17(23)26)8-1-2-9-19/h3-6H,1-2,7-12H2,(H,21,24)(H,22,26). The molecule has 1 spiro atoms. The monoisotopic (exact) mass is 419 g/mol. The first-order valence-corrected chi connectivity index (χ1v) is 9.95. The Morgan fingerprint density at radius 3 is 2.38 bits per heavy atom. The molecule has 4 amide bonds. The van der Waals surface area contributed by atoms with Gasteiger partial charge < -0.3 is 10.6 Å². The van der Waals surface area contributed by atoms with Gasteiger partial charge in [-0.1, -0.05) is 40.9 Å². The second kappa shape index (κ2) is 6.37. The highest BCUT2D eigenvalue weighted by molar-refractivity contribution is 9.10. The highest BCUT2D eigenvalue weighted by Crippen LogP contribution is 2.45. The van der Waals surface area contributed by atoms with Gasteiger partial charge in [-0.05, 0) is 43.4 Å². The molecule has 1 saturated heterocycles. The smallest absolute Gasteiger partial charge is 0.325 e. The molecule has 7 heteroatoms. The first-order chi connectivity index (χ1) is 12.4. The van der Waals surface area contributed by atoms with Gasteiger partial charge in [-0.3, -0.25) is 14.5 Å². The van der Waals surface area contributed by atoms with E-state index in [1.807, 2.05) is 24.3 Å². The van der Waals surface area contributed by atoms with Crippen molar-refractivity contribution in [2.75, 3.05) is 6.54 Å². The summed E-state index contributed by atoms with van der Waals surface area (Å²) in [6.07, 6.45) is 5.26. The van der Waals surface area contributed by atoms with Crippen LogP contribution in [0.4, 0.5) is 4.79 Å². The summed E-state index contributed by atoms with van der Waals surface area (Å²) in [7, 11) is 0. The average Bonchev–Trinajstić information content (AvgIpc) is 3.15. The third-order valence-electron chi connectivity index (χ3n) is 5.79. The van der Waals surface area contributed by atoms with Crippen LogP contribution >= 0.6 is 15.9 Å². The van der Waals surface area contributed by atoms with E-state index in [4.69, 9.17) is 0 Å². The van der Waals surface area contributed by atoms with E-state index in [0.717, 1.165) is 35.7 Å². The number of hydrogen-bond donors (Lipinski definition) is 2. The molecule has 0 aromatic heterocycles. The molecule has 138 valence electrons. The van der Waals surface area contributed by atoms with Crippen LogP contribution in [-0.2, 0) is 15.1 Å². The summed E-state index contributed by atoms with van der Waals surface area (Å²) < 4.78 is 1.00. The number of nitrogens with zero attached hydrogens (tertiary/aromatic N) is 1. The van der Waals surface area contributed by atoms with Gasteiger partial charge in [0.25, 0.3) is 5.91 Å². The molecule has 0 bridgehead atoms. The number of nitrogens with one attached hydrogen (secondary N) is 2. The highest BCUT2D eigenvalue weighted by atomic mass is 79.9. The molecule has 1 aromatic rings. The SMILES string of the molecule is O=C(CCN1C(=O)NC2(CCCC2)C1=O)NC1(c2ccc(Br)cc2)CC1. The number of carbonyl (C=O) groups is 3. The Morgan fingerprint density at radius 2 is 1.77 bits per heavy atom. The summed E-state index contributed by atoms with van der Waals surface area (Å²) in [4.78, 5) is 38.4. The molecule has 3 aliphatic rings. The van der Waals surface area contributed by atoms with Gasteiger partial charge in [-0.25, -0.2) is 4.79 Å². The number of benzene rings is 1. The first-order valence-electron chi connectivity index (χ1n) is 9.15. The number of amides is 4. The van der Waals surface area contributed by atoms with Gasteiger partial charge in [0.1, 0.15) is 5.54 Å². The maximum absolute atomic E-state index is 12.6. The molecule has 0 atom stereocenters. The number of hydrogen-bond acceptors (Lipinski definition) is 3.